The van der Waals surface area contributed by atoms with Crippen LogP contribution in [0.15, 0.2) is 23.2 Å². The molecule has 18 heavy (non-hydrogen) atoms. The normalized spacial score (nSPS) is 20.2. The van der Waals surface area contributed by atoms with Gasteiger partial charge in [0.2, 0.25) is 10.0 Å². The summed E-state index contributed by atoms with van der Waals surface area (Å²) in [5, 5.41) is 0. The van der Waals surface area contributed by atoms with E-state index in [0.717, 1.165) is 12.8 Å². The van der Waals surface area contributed by atoms with Gasteiger partial charge in [0.05, 0.1) is 5.69 Å². The van der Waals surface area contributed by atoms with Gasteiger partial charge in [-0.1, -0.05) is 0 Å². The van der Waals surface area contributed by atoms with E-state index < -0.39 is 10.0 Å². The molecule has 1 aromatic heterocycles. The summed E-state index contributed by atoms with van der Waals surface area (Å²) in [5.74, 6) is 0. The van der Waals surface area contributed by atoms with Crippen molar-refractivity contribution in [1.29, 1.82) is 0 Å². The summed E-state index contributed by atoms with van der Waals surface area (Å²) in [4.78, 5) is 4.29. The van der Waals surface area contributed by atoms with Crippen LogP contribution in [0.25, 0.3) is 0 Å². The highest BCUT2D eigenvalue weighted by Gasteiger charge is 2.41. The molecule has 6 heteroatoms. The van der Waals surface area contributed by atoms with Crippen molar-refractivity contribution in [2.75, 3.05) is 6.54 Å². The molecular weight excluding hydrogens is 250 g/mol. The highest BCUT2D eigenvalue weighted by Crippen LogP contribution is 2.34. The summed E-state index contributed by atoms with van der Waals surface area (Å²) in [6.07, 6.45) is 3.34. The number of pyridine rings is 1. The number of rotatable bonds is 3. The maximum absolute atomic E-state index is 12.7. The third-order valence-corrected chi connectivity index (χ3v) is 5.62. The highest BCUT2D eigenvalue weighted by atomic mass is 32.2. The van der Waals surface area contributed by atoms with Gasteiger partial charge in [-0.3, -0.25) is 4.98 Å². The van der Waals surface area contributed by atoms with Crippen LogP contribution in [0.4, 0.5) is 0 Å². The van der Waals surface area contributed by atoms with E-state index in [9.17, 15) is 8.42 Å². The first-order valence-electron chi connectivity index (χ1n) is 6.06. The van der Waals surface area contributed by atoms with Crippen molar-refractivity contribution in [3.05, 3.63) is 24.0 Å². The van der Waals surface area contributed by atoms with Crippen LogP contribution in [0.2, 0.25) is 0 Å². The molecule has 0 atom stereocenters. The van der Waals surface area contributed by atoms with Gasteiger partial charge >= 0.3 is 0 Å². The molecule has 2 heterocycles. The van der Waals surface area contributed by atoms with Gasteiger partial charge in [-0.25, -0.2) is 8.42 Å². The van der Waals surface area contributed by atoms with Gasteiger partial charge in [0.1, 0.15) is 4.90 Å². The van der Waals surface area contributed by atoms with Crippen LogP contribution in [0.3, 0.4) is 0 Å². The smallest absolute Gasteiger partial charge is 0.245 e. The molecule has 0 amide bonds. The fourth-order valence-electron chi connectivity index (χ4n) is 2.46. The molecule has 0 aromatic carbocycles. The van der Waals surface area contributed by atoms with Crippen molar-refractivity contribution in [3.63, 3.8) is 0 Å². The molecule has 2 N–H and O–H groups in total. The zero-order chi connectivity index (χ0) is 13.4. The van der Waals surface area contributed by atoms with Crippen molar-refractivity contribution in [3.8, 4) is 0 Å². The topological polar surface area (TPSA) is 76.3 Å². The molecule has 1 fully saturated rings. The van der Waals surface area contributed by atoms with E-state index in [-0.39, 0.29) is 17.0 Å². The molecule has 0 aliphatic carbocycles. The molecule has 2 rings (SSSR count). The highest BCUT2D eigenvalue weighted by molar-refractivity contribution is 7.89. The van der Waals surface area contributed by atoms with Gasteiger partial charge in [-0.15, -0.1) is 0 Å². The number of nitrogens with two attached hydrogens (primary N) is 1. The fourth-order valence-corrected chi connectivity index (χ4v) is 4.49. The number of hydrogen-bond donors (Lipinski definition) is 1. The number of hydrogen-bond acceptors (Lipinski definition) is 4. The minimum absolute atomic E-state index is 0.129. The Morgan fingerprint density at radius 3 is 2.78 bits per heavy atom. The summed E-state index contributed by atoms with van der Waals surface area (Å²) in [7, 11) is -3.50. The van der Waals surface area contributed by atoms with Gasteiger partial charge in [-0.05, 0) is 38.8 Å². The van der Waals surface area contributed by atoms with Gasteiger partial charge in [0.25, 0.3) is 0 Å². The molecular formula is C12H19N3O2S. The molecule has 0 unspecified atom stereocenters. The van der Waals surface area contributed by atoms with Crippen LogP contribution in [-0.2, 0) is 16.6 Å². The number of sulfonamides is 1. The number of aromatic nitrogens is 1. The first-order valence-corrected chi connectivity index (χ1v) is 7.50. The summed E-state index contributed by atoms with van der Waals surface area (Å²) >= 11 is 0. The predicted octanol–water partition coefficient (Wildman–Crippen LogP) is 1.10. The lowest BCUT2D eigenvalue weighted by Gasteiger charge is -2.30. The molecule has 0 saturated carbocycles. The lowest BCUT2D eigenvalue weighted by Crippen LogP contribution is -2.43. The van der Waals surface area contributed by atoms with E-state index in [2.05, 4.69) is 4.98 Å². The van der Waals surface area contributed by atoms with Crippen LogP contribution >= 0.6 is 0 Å². The van der Waals surface area contributed by atoms with Crippen molar-refractivity contribution < 1.29 is 8.42 Å². The van der Waals surface area contributed by atoms with Gasteiger partial charge < -0.3 is 5.73 Å². The Kier molecular flexibility index (Phi) is 3.44. The Bertz CT molecular complexity index is 540. The first-order chi connectivity index (χ1) is 8.39. The Balaban J connectivity index is 2.49. The SMILES string of the molecule is CC1(C)CCCN1S(=O)(=O)c1cccnc1CN. The van der Waals surface area contributed by atoms with E-state index in [4.69, 9.17) is 5.73 Å². The molecule has 1 saturated heterocycles. The van der Waals surface area contributed by atoms with E-state index in [1.807, 2.05) is 13.8 Å². The standard InChI is InChI=1S/C12H19N3O2S/c1-12(2)6-4-8-15(12)18(16,17)11-5-3-7-14-10(11)9-13/h3,5,7H,4,6,8-9,13H2,1-2H3. The summed E-state index contributed by atoms with van der Waals surface area (Å²) in [6, 6.07) is 3.22. The van der Waals surface area contributed by atoms with Crippen LogP contribution in [-0.4, -0.2) is 29.8 Å². The van der Waals surface area contributed by atoms with Crippen LogP contribution in [0, 0.1) is 0 Å². The second-order valence-electron chi connectivity index (χ2n) is 5.15. The van der Waals surface area contributed by atoms with Crippen LogP contribution in [0.5, 0.6) is 0 Å². The van der Waals surface area contributed by atoms with Crippen molar-refractivity contribution in [2.45, 2.75) is 43.7 Å². The number of nitrogens with zero attached hydrogens (tertiary/aromatic N) is 2. The maximum atomic E-state index is 12.7. The van der Waals surface area contributed by atoms with Crippen molar-refractivity contribution >= 4 is 10.0 Å². The lowest BCUT2D eigenvalue weighted by molar-refractivity contribution is 0.291. The summed E-state index contributed by atoms with van der Waals surface area (Å²) in [5.41, 5.74) is 5.67. The lowest BCUT2D eigenvalue weighted by atomic mass is 10.0. The minimum Gasteiger partial charge on any atom is -0.325 e. The van der Waals surface area contributed by atoms with E-state index in [1.54, 1.807) is 22.6 Å². The molecule has 0 radical (unpaired) electrons. The molecule has 1 aliphatic rings. The van der Waals surface area contributed by atoms with Crippen LogP contribution in [0.1, 0.15) is 32.4 Å². The molecule has 1 aromatic rings. The average Bonchev–Trinajstić information content (AvgIpc) is 2.69. The van der Waals surface area contributed by atoms with Crippen LogP contribution < -0.4 is 5.73 Å². The predicted molar refractivity (Wildman–Crippen MR) is 69.3 cm³/mol. The Morgan fingerprint density at radius 2 is 2.22 bits per heavy atom. The molecule has 100 valence electrons. The zero-order valence-electron chi connectivity index (χ0n) is 10.8. The third-order valence-electron chi connectivity index (χ3n) is 3.43. The van der Waals surface area contributed by atoms with Gasteiger partial charge in [0, 0.05) is 24.8 Å². The van der Waals surface area contributed by atoms with Gasteiger partial charge in [-0.2, -0.15) is 4.31 Å². The third kappa shape index (κ3) is 2.15. The van der Waals surface area contributed by atoms with E-state index >= 15 is 0 Å². The van der Waals surface area contributed by atoms with E-state index in [1.165, 1.54) is 0 Å². The Morgan fingerprint density at radius 1 is 1.50 bits per heavy atom. The maximum Gasteiger partial charge on any atom is 0.245 e. The Labute approximate surface area is 108 Å². The van der Waals surface area contributed by atoms with E-state index in [0.29, 0.717) is 12.2 Å². The zero-order valence-corrected chi connectivity index (χ0v) is 11.6. The summed E-state index contributed by atoms with van der Waals surface area (Å²) in [6.45, 7) is 4.60. The Hall–Kier alpha value is -0.980. The van der Waals surface area contributed by atoms with Crippen molar-refractivity contribution in [1.82, 2.24) is 9.29 Å². The molecule has 0 spiro atoms. The minimum atomic E-state index is -3.50. The monoisotopic (exact) mass is 269 g/mol. The molecule has 0 bridgehead atoms. The molecule has 1 aliphatic heterocycles. The second kappa shape index (κ2) is 4.60. The first kappa shape index (κ1) is 13.5. The van der Waals surface area contributed by atoms with Crippen molar-refractivity contribution in [2.24, 2.45) is 5.73 Å². The molecule has 5 nitrogen and oxygen atoms in total. The summed E-state index contributed by atoms with van der Waals surface area (Å²) < 4.78 is 26.9. The van der Waals surface area contributed by atoms with Gasteiger partial charge in [0.15, 0.2) is 0 Å². The quantitative estimate of drug-likeness (QED) is 0.891. The second-order valence-corrected chi connectivity index (χ2v) is 6.98. The largest absolute Gasteiger partial charge is 0.325 e. The fraction of sp³-hybridized carbons (Fsp3) is 0.583. The average molecular weight is 269 g/mol.